The fourth-order valence-electron chi connectivity index (χ4n) is 1.92. The van der Waals surface area contributed by atoms with Crippen molar-refractivity contribution in [1.82, 2.24) is 5.01 Å². The third-order valence-corrected chi connectivity index (χ3v) is 2.68. The lowest BCUT2D eigenvalue weighted by Gasteiger charge is -2.32. The molecule has 3 nitrogen and oxygen atoms in total. The van der Waals surface area contributed by atoms with Gasteiger partial charge in [-0.1, -0.05) is 0 Å². The SMILES string of the molecule is CC1CC=NN1C1CCOCC1. The summed E-state index contributed by atoms with van der Waals surface area (Å²) in [6, 6.07) is 1.24. The highest BCUT2D eigenvalue weighted by Gasteiger charge is 2.26. The zero-order valence-corrected chi connectivity index (χ0v) is 7.57. The van der Waals surface area contributed by atoms with Crippen LogP contribution in [-0.2, 0) is 4.74 Å². The molecule has 0 aromatic heterocycles. The lowest BCUT2D eigenvalue weighted by atomic mass is 10.1. The van der Waals surface area contributed by atoms with Gasteiger partial charge in [0.25, 0.3) is 0 Å². The Labute approximate surface area is 73.4 Å². The summed E-state index contributed by atoms with van der Waals surface area (Å²) < 4.78 is 5.32. The standard InChI is InChI=1S/C9H16N2O/c1-8-2-5-10-11(8)9-3-6-12-7-4-9/h5,8-9H,2-4,6-7H2,1H3. The van der Waals surface area contributed by atoms with Gasteiger partial charge in [-0.15, -0.1) is 0 Å². The van der Waals surface area contributed by atoms with Gasteiger partial charge in [0.15, 0.2) is 0 Å². The van der Waals surface area contributed by atoms with Crippen LogP contribution < -0.4 is 0 Å². The molecule has 0 amide bonds. The predicted octanol–water partition coefficient (Wildman–Crippen LogP) is 1.25. The van der Waals surface area contributed by atoms with Crippen molar-refractivity contribution >= 4 is 6.21 Å². The first kappa shape index (κ1) is 8.05. The number of hydrogen-bond donors (Lipinski definition) is 0. The molecule has 0 saturated carbocycles. The molecule has 2 aliphatic heterocycles. The zero-order valence-electron chi connectivity index (χ0n) is 7.57. The van der Waals surface area contributed by atoms with Gasteiger partial charge < -0.3 is 4.74 Å². The average Bonchev–Trinajstić information content (AvgIpc) is 2.53. The fourth-order valence-corrected chi connectivity index (χ4v) is 1.92. The Bertz CT molecular complexity index is 175. The van der Waals surface area contributed by atoms with Crippen molar-refractivity contribution in [3.63, 3.8) is 0 Å². The van der Waals surface area contributed by atoms with Gasteiger partial charge in [0.2, 0.25) is 0 Å². The summed E-state index contributed by atoms with van der Waals surface area (Å²) in [6.45, 7) is 4.05. The largest absolute Gasteiger partial charge is 0.381 e. The van der Waals surface area contributed by atoms with E-state index in [1.807, 2.05) is 6.21 Å². The Morgan fingerprint density at radius 1 is 1.42 bits per heavy atom. The van der Waals surface area contributed by atoms with Crippen LogP contribution in [0.5, 0.6) is 0 Å². The summed E-state index contributed by atoms with van der Waals surface area (Å²) in [5.41, 5.74) is 0. The Morgan fingerprint density at radius 3 is 2.75 bits per heavy atom. The fraction of sp³-hybridized carbons (Fsp3) is 0.889. The molecule has 0 spiro atoms. The van der Waals surface area contributed by atoms with Crippen LogP contribution in [0.25, 0.3) is 0 Å². The highest BCUT2D eigenvalue weighted by Crippen LogP contribution is 2.21. The van der Waals surface area contributed by atoms with Crippen LogP contribution >= 0.6 is 0 Å². The molecule has 1 unspecified atom stereocenters. The number of rotatable bonds is 1. The Kier molecular flexibility index (Phi) is 2.30. The summed E-state index contributed by atoms with van der Waals surface area (Å²) in [5, 5.41) is 6.65. The van der Waals surface area contributed by atoms with Crippen molar-refractivity contribution in [3.05, 3.63) is 0 Å². The average molecular weight is 168 g/mol. The van der Waals surface area contributed by atoms with Crippen LogP contribution in [0.2, 0.25) is 0 Å². The van der Waals surface area contributed by atoms with E-state index in [4.69, 9.17) is 4.74 Å². The van der Waals surface area contributed by atoms with Crippen LogP contribution in [0.4, 0.5) is 0 Å². The van der Waals surface area contributed by atoms with Crippen LogP contribution in [-0.4, -0.2) is 36.5 Å². The molecule has 1 atom stereocenters. The molecule has 68 valence electrons. The molecule has 0 aromatic carbocycles. The van der Waals surface area contributed by atoms with Crippen molar-refractivity contribution in [3.8, 4) is 0 Å². The lowest BCUT2D eigenvalue weighted by Crippen LogP contribution is -2.38. The van der Waals surface area contributed by atoms with E-state index in [2.05, 4.69) is 17.0 Å². The van der Waals surface area contributed by atoms with E-state index in [0.29, 0.717) is 12.1 Å². The van der Waals surface area contributed by atoms with E-state index in [0.717, 1.165) is 32.5 Å². The zero-order chi connectivity index (χ0) is 8.39. The number of nitrogens with zero attached hydrogens (tertiary/aromatic N) is 2. The van der Waals surface area contributed by atoms with Gasteiger partial charge in [-0.3, -0.25) is 5.01 Å². The molecule has 0 bridgehead atoms. The van der Waals surface area contributed by atoms with Gasteiger partial charge in [0.05, 0.1) is 6.04 Å². The monoisotopic (exact) mass is 168 g/mol. The van der Waals surface area contributed by atoms with Crippen molar-refractivity contribution in [2.45, 2.75) is 38.3 Å². The van der Waals surface area contributed by atoms with Gasteiger partial charge in [0, 0.05) is 31.9 Å². The maximum absolute atomic E-state index is 5.32. The molecule has 12 heavy (non-hydrogen) atoms. The Morgan fingerprint density at radius 2 is 2.17 bits per heavy atom. The maximum atomic E-state index is 5.32. The maximum Gasteiger partial charge on any atom is 0.0517 e. The number of ether oxygens (including phenoxy) is 1. The van der Waals surface area contributed by atoms with E-state index in [-0.39, 0.29) is 0 Å². The van der Waals surface area contributed by atoms with Gasteiger partial charge >= 0.3 is 0 Å². The summed E-state index contributed by atoms with van der Waals surface area (Å²) in [5.74, 6) is 0. The predicted molar refractivity (Wildman–Crippen MR) is 48.3 cm³/mol. The highest BCUT2D eigenvalue weighted by molar-refractivity contribution is 5.59. The van der Waals surface area contributed by atoms with Crippen molar-refractivity contribution in [2.75, 3.05) is 13.2 Å². The lowest BCUT2D eigenvalue weighted by molar-refractivity contribution is 0.0266. The van der Waals surface area contributed by atoms with E-state index >= 15 is 0 Å². The first-order valence-corrected chi connectivity index (χ1v) is 4.76. The summed E-state index contributed by atoms with van der Waals surface area (Å²) in [7, 11) is 0. The number of hydrogen-bond acceptors (Lipinski definition) is 3. The molecule has 0 radical (unpaired) electrons. The highest BCUT2D eigenvalue weighted by atomic mass is 16.5. The van der Waals surface area contributed by atoms with Crippen LogP contribution in [0.3, 0.4) is 0 Å². The molecule has 2 rings (SSSR count). The summed E-state index contributed by atoms with van der Waals surface area (Å²) >= 11 is 0. The van der Waals surface area contributed by atoms with Crippen LogP contribution in [0, 0.1) is 0 Å². The molecule has 1 saturated heterocycles. The number of hydrazone groups is 1. The first-order chi connectivity index (χ1) is 5.88. The van der Waals surface area contributed by atoms with E-state index in [1.54, 1.807) is 0 Å². The van der Waals surface area contributed by atoms with Crippen molar-refractivity contribution in [2.24, 2.45) is 5.10 Å². The van der Waals surface area contributed by atoms with Gasteiger partial charge in [-0.25, -0.2) is 0 Å². The van der Waals surface area contributed by atoms with E-state index in [1.165, 1.54) is 0 Å². The third-order valence-electron chi connectivity index (χ3n) is 2.68. The molecular weight excluding hydrogens is 152 g/mol. The van der Waals surface area contributed by atoms with Crippen molar-refractivity contribution in [1.29, 1.82) is 0 Å². The normalized spacial score (nSPS) is 31.4. The molecule has 2 heterocycles. The quantitative estimate of drug-likeness (QED) is 0.588. The molecule has 0 aliphatic carbocycles. The topological polar surface area (TPSA) is 24.8 Å². The van der Waals surface area contributed by atoms with Crippen LogP contribution in [0.1, 0.15) is 26.2 Å². The first-order valence-electron chi connectivity index (χ1n) is 4.76. The van der Waals surface area contributed by atoms with Gasteiger partial charge in [-0.05, 0) is 19.8 Å². The van der Waals surface area contributed by atoms with E-state index < -0.39 is 0 Å². The Hall–Kier alpha value is -0.570. The van der Waals surface area contributed by atoms with E-state index in [9.17, 15) is 0 Å². The molecular formula is C9H16N2O. The molecule has 2 aliphatic rings. The molecule has 0 aromatic rings. The van der Waals surface area contributed by atoms with Gasteiger partial charge in [-0.2, -0.15) is 5.10 Å². The molecule has 0 N–H and O–H groups in total. The van der Waals surface area contributed by atoms with Crippen molar-refractivity contribution < 1.29 is 4.74 Å². The summed E-state index contributed by atoms with van der Waals surface area (Å²) in [6.07, 6.45) is 5.42. The molecule has 3 heteroatoms. The second-order valence-electron chi connectivity index (χ2n) is 3.61. The van der Waals surface area contributed by atoms with Gasteiger partial charge in [0.1, 0.15) is 0 Å². The smallest absolute Gasteiger partial charge is 0.0517 e. The third kappa shape index (κ3) is 1.46. The minimum atomic E-state index is 0.605. The second-order valence-corrected chi connectivity index (χ2v) is 3.61. The minimum Gasteiger partial charge on any atom is -0.381 e. The second kappa shape index (κ2) is 3.44. The summed E-state index contributed by atoms with van der Waals surface area (Å²) in [4.78, 5) is 0. The minimum absolute atomic E-state index is 0.605. The Balaban J connectivity index is 1.93. The van der Waals surface area contributed by atoms with Crippen LogP contribution in [0.15, 0.2) is 5.10 Å². The molecule has 1 fully saturated rings.